The van der Waals surface area contributed by atoms with E-state index >= 15 is 4.39 Å². The standard InChI is InChI=1S/C31H26F4/c1-2-3-22-4-6-23(7-5-22)8-11-25-15-19-29-28(20-25)18-17-27(30(29)32)16-14-24-9-12-26(13-10-24)21-31(33,34)35/h4-7,9-10,12-13,15,17-20H,2-3,14,16,21H2,1H3. The summed E-state index contributed by atoms with van der Waals surface area (Å²) in [6.45, 7) is 2.16. The van der Waals surface area contributed by atoms with Crippen LogP contribution in [0.2, 0.25) is 0 Å². The average Bonchev–Trinajstić information content (AvgIpc) is 2.83. The molecule has 4 rings (SSSR count). The molecule has 0 aromatic heterocycles. The lowest BCUT2D eigenvalue weighted by Gasteiger charge is -2.09. The van der Waals surface area contributed by atoms with Crippen molar-refractivity contribution in [2.45, 2.75) is 45.2 Å². The molecular weight excluding hydrogens is 448 g/mol. The first-order valence-corrected chi connectivity index (χ1v) is 11.8. The lowest BCUT2D eigenvalue weighted by Crippen LogP contribution is -2.11. The van der Waals surface area contributed by atoms with Crippen LogP contribution < -0.4 is 0 Å². The highest BCUT2D eigenvalue weighted by Gasteiger charge is 2.27. The van der Waals surface area contributed by atoms with Crippen molar-refractivity contribution in [1.82, 2.24) is 0 Å². The number of halogens is 4. The summed E-state index contributed by atoms with van der Waals surface area (Å²) in [6.07, 6.45) is -1.98. The SMILES string of the molecule is CCCc1ccc(C#Cc2ccc3c(F)c(CCc4ccc(CC(F)(F)F)cc4)ccc3c2)cc1. The van der Waals surface area contributed by atoms with Crippen LogP contribution in [0.3, 0.4) is 0 Å². The Hall–Kier alpha value is -3.58. The van der Waals surface area contributed by atoms with Gasteiger partial charge in [-0.1, -0.05) is 79.8 Å². The third-order valence-corrected chi connectivity index (χ3v) is 5.99. The third kappa shape index (κ3) is 6.73. The molecule has 0 atom stereocenters. The van der Waals surface area contributed by atoms with Gasteiger partial charge < -0.3 is 0 Å². The van der Waals surface area contributed by atoms with E-state index in [1.54, 1.807) is 24.3 Å². The van der Waals surface area contributed by atoms with Gasteiger partial charge in [0.25, 0.3) is 0 Å². The Balaban J connectivity index is 1.44. The van der Waals surface area contributed by atoms with E-state index < -0.39 is 12.6 Å². The molecule has 0 aliphatic carbocycles. The molecular formula is C31H26F4. The second-order valence-electron chi connectivity index (χ2n) is 8.78. The normalized spacial score (nSPS) is 11.3. The van der Waals surface area contributed by atoms with Gasteiger partial charge in [0.05, 0.1) is 6.42 Å². The van der Waals surface area contributed by atoms with Crippen LogP contribution in [-0.4, -0.2) is 6.18 Å². The minimum absolute atomic E-state index is 0.227. The molecule has 4 aromatic rings. The number of rotatable bonds is 6. The van der Waals surface area contributed by atoms with Crippen molar-refractivity contribution in [2.75, 3.05) is 0 Å². The fourth-order valence-electron chi connectivity index (χ4n) is 4.13. The molecule has 178 valence electrons. The largest absolute Gasteiger partial charge is 0.393 e. The molecule has 0 bridgehead atoms. The summed E-state index contributed by atoms with van der Waals surface area (Å²) < 4.78 is 52.7. The smallest absolute Gasteiger partial charge is 0.206 e. The average molecular weight is 475 g/mol. The van der Waals surface area contributed by atoms with Crippen LogP contribution >= 0.6 is 0 Å². The molecule has 0 heterocycles. The number of hydrogen-bond donors (Lipinski definition) is 0. The Morgan fingerprint density at radius 3 is 1.94 bits per heavy atom. The molecule has 4 heteroatoms. The first-order valence-electron chi connectivity index (χ1n) is 11.8. The number of alkyl halides is 3. The molecule has 0 nitrogen and oxygen atoms in total. The van der Waals surface area contributed by atoms with Crippen LogP contribution in [0.1, 0.15) is 46.7 Å². The van der Waals surface area contributed by atoms with E-state index in [-0.39, 0.29) is 11.4 Å². The van der Waals surface area contributed by atoms with Gasteiger partial charge >= 0.3 is 6.18 Å². The lowest BCUT2D eigenvalue weighted by atomic mass is 9.98. The lowest BCUT2D eigenvalue weighted by molar-refractivity contribution is -0.127. The molecule has 0 saturated heterocycles. The Kier molecular flexibility index (Phi) is 7.56. The second kappa shape index (κ2) is 10.8. The van der Waals surface area contributed by atoms with E-state index in [0.29, 0.717) is 23.8 Å². The summed E-state index contributed by atoms with van der Waals surface area (Å²) >= 11 is 0. The van der Waals surface area contributed by atoms with Crippen LogP contribution in [0.15, 0.2) is 78.9 Å². The Morgan fingerprint density at radius 2 is 1.26 bits per heavy atom. The van der Waals surface area contributed by atoms with Crippen molar-refractivity contribution < 1.29 is 17.6 Å². The van der Waals surface area contributed by atoms with Gasteiger partial charge in [0.1, 0.15) is 5.82 Å². The molecule has 4 aromatic carbocycles. The molecule has 0 N–H and O–H groups in total. The summed E-state index contributed by atoms with van der Waals surface area (Å²) in [5.74, 6) is 6.07. The predicted octanol–water partition coefficient (Wildman–Crippen LogP) is 8.22. The van der Waals surface area contributed by atoms with Crippen LogP contribution in [0.4, 0.5) is 17.6 Å². The van der Waals surface area contributed by atoms with E-state index in [4.69, 9.17) is 0 Å². The van der Waals surface area contributed by atoms with E-state index in [9.17, 15) is 13.2 Å². The molecule has 0 amide bonds. The molecule has 35 heavy (non-hydrogen) atoms. The Bertz CT molecular complexity index is 1350. The van der Waals surface area contributed by atoms with Gasteiger partial charge in [-0.05, 0) is 71.2 Å². The van der Waals surface area contributed by atoms with Crippen molar-refractivity contribution in [3.05, 3.63) is 118 Å². The second-order valence-corrected chi connectivity index (χ2v) is 8.78. The first-order chi connectivity index (χ1) is 16.8. The summed E-state index contributed by atoms with van der Waals surface area (Å²) in [7, 11) is 0. The van der Waals surface area contributed by atoms with E-state index in [2.05, 4.69) is 30.9 Å². The van der Waals surface area contributed by atoms with Crippen LogP contribution in [-0.2, 0) is 25.7 Å². The highest BCUT2D eigenvalue weighted by molar-refractivity contribution is 5.85. The molecule has 0 aliphatic rings. The molecule has 0 radical (unpaired) electrons. The molecule has 0 aliphatic heterocycles. The van der Waals surface area contributed by atoms with Crippen molar-refractivity contribution in [3.63, 3.8) is 0 Å². The van der Waals surface area contributed by atoms with Gasteiger partial charge in [-0.2, -0.15) is 13.2 Å². The summed E-state index contributed by atoms with van der Waals surface area (Å²) in [5, 5.41) is 1.32. The number of benzene rings is 4. The van der Waals surface area contributed by atoms with Gasteiger partial charge in [0.15, 0.2) is 0 Å². The highest BCUT2D eigenvalue weighted by Crippen LogP contribution is 2.25. The van der Waals surface area contributed by atoms with Gasteiger partial charge in [0, 0.05) is 16.5 Å². The summed E-state index contributed by atoms with van der Waals surface area (Å²) in [4.78, 5) is 0. The van der Waals surface area contributed by atoms with Crippen LogP contribution in [0, 0.1) is 17.7 Å². The zero-order valence-corrected chi connectivity index (χ0v) is 19.6. The van der Waals surface area contributed by atoms with Gasteiger partial charge in [-0.25, -0.2) is 4.39 Å². The summed E-state index contributed by atoms with van der Waals surface area (Å²) in [6, 6.07) is 23.7. The predicted molar refractivity (Wildman–Crippen MR) is 134 cm³/mol. The quantitative estimate of drug-likeness (QED) is 0.195. The minimum Gasteiger partial charge on any atom is -0.206 e. The summed E-state index contributed by atoms with van der Waals surface area (Å²) in [5.41, 5.74) is 4.75. The van der Waals surface area contributed by atoms with Crippen LogP contribution in [0.5, 0.6) is 0 Å². The van der Waals surface area contributed by atoms with Crippen molar-refractivity contribution in [1.29, 1.82) is 0 Å². The van der Waals surface area contributed by atoms with Gasteiger partial charge in [-0.3, -0.25) is 0 Å². The maximum Gasteiger partial charge on any atom is 0.393 e. The maximum atomic E-state index is 15.1. The van der Waals surface area contributed by atoms with Crippen molar-refractivity contribution in [2.24, 2.45) is 0 Å². The molecule has 0 fully saturated rings. The fourth-order valence-corrected chi connectivity index (χ4v) is 4.13. The first kappa shape index (κ1) is 24.5. The number of aryl methyl sites for hydroxylation is 3. The zero-order valence-electron chi connectivity index (χ0n) is 19.6. The zero-order chi connectivity index (χ0) is 24.8. The van der Waals surface area contributed by atoms with E-state index in [1.165, 1.54) is 17.7 Å². The molecule has 0 spiro atoms. The van der Waals surface area contributed by atoms with E-state index in [0.717, 1.165) is 34.9 Å². The van der Waals surface area contributed by atoms with Crippen molar-refractivity contribution in [3.8, 4) is 11.8 Å². The van der Waals surface area contributed by atoms with Crippen molar-refractivity contribution >= 4 is 10.8 Å². The maximum absolute atomic E-state index is 15.1. The van der Waals surface area contributed by atoms with Gasteiger partial charge in [0.2, 0.25) is 0 Å². The molecule has 0 saturated carbocycles. The third-order valence-electron chi connectivity index (χ3n) is 5.99. The number of hydrogen-bond acceptors (Lipinski definition) is 0. The topological polar surface area (TPSA) is 0 Å². The highest BCUT2D eigenvalue weighted by atomic mass is 19.4. The Labute approximate surface area is 203 Å². The minimum atomic E-state index is -4.22. The van der Waals surface area contributed by atoms with Crippen LogP contribution in [0.25, 0.3) is 10.8 Å². The monoisotopic (exact) mass is 474 g/mol. The van der Waals surface area contributed by atoms with E-state index in [1.807, 2.05) is 30.3 Å². The fraction of sp³-hybridized carbons (Fsp3) is 0.226. The Morgan fingerprint density at radius 1 is 0.657 bits per heavy atom. The van der Waals surface area contributed by atoms with Gasteiger partial charge in [-0.15, -0.1) is 0 Å². The molecule has 0 unspecified atom stereocenters. The number of fused-ring (bicyclic) bond motifs is 1.